The highest BCUT2D eigenvalue weighted by Gasteiger charge is 2.51. The summed E-state index contributed by atoms with van der Waals surface area (Å²) in [5.41, 5.74) is 2.47. The van der Waals surface area contributed by atoms with E-state index in [-0.39, 0.29) is 11.0 Å². The van der Waals surface area contributed by atoms with Gasteiger partial charge in [-0.3, -0.25) is 14.9 Å². The summed E-state index contributed by atoms with van der Waals surface area (Å²) in [4.78, 5) is 39.9. The van der Waals surface area contributed by atoms with Gasteiger partial charge in [-0.2, -0.15) is 0 Å². The molecule has 5 aliphatic rings. The van der Waals surface area contributed by atoms with Crippen molar-refractivity contribution in [2.24, 2.45) is 17.8 Å². The summed E-state index contributed by atoms with van der Waals surface area (Å²) < 4.78 is 11.5. The van der Waals surface area contributed by atoms with Crippen molar-refractivity contribution >= 4 is 52.2 Å². The molecule has 192 valence electrons. The van der Waals surface area contributed by atoms with Crippen LogP contribution >= 0.6 is 22.6 Å². The second-order valence-corrected chi connectivity index (χ2v) is 12.1. The second kappa shape index (κ2) is 9.15. The van der Waals surface area contributed by atoms with Gasteiger partial charge in [0.1, 0.15) is 5.57 Å². The molecule has 0 radical (unpaired) electrons. The molecule has 1 N–H and O–H groups in total. The molecule has 7 rings (SSSR count). The maximum Gasteiger partial charge on any atom is 0.335 e. The van der Waals surface area contributed by atoms with Crippen LogP contribution in [-0.4, -0.2) is 32.1 Å². The van der Waals surface area contributed by atoms with E-state index in [1.165, 1.54) is 57.3 Å². The largest absolute Gasteiger partial charge is 0.493 e. The van der Waals surface area contributed by atoms with Crippen LogP contribution in [0.3, 0.4) is 0 Å². The lowest BCUT2D eigenvalue weighted by molar-refractivity contribution is -0.122. The molecular formula is C29H29IN2O5. The Morgan fingerprint density at radius 2 is 1.57 bits per heavy atom. The lowest BCUT2D eigenvalue weighted by Gasteiger charge is -2.57. The number of hydrogen-bond acceptors (Lipinski definition) is 5. The zero-order valence-corrected chi connectivity index (χ0v) is 23.0. The van der Waals surface area contributed by atoms with Crippen LogP contribution in [-0.2, 0) is 15.0 Å². The number of rotatable bonds is 5. The number of nitrogens with zero attached hydrogens (tertiary/aromatic N) is 1. The fourth-order valence-electron chi connectivity index (χ4n) is 7.51. The van der Waals surface area contributed by atoms with Crippen LogP contribution in [0, 0.1) is 21.3 Å². The number of nitrogens with one attached hydrogen (secondary N) is 1. The van der Waals surface area contributed by atoms with Crippen molar-refractivity contribution in [3.8, 4) is 11.5 Å². The van der Waals surface area contributed by atoms with E-state index in [2.05, 4.69) is 40.0 Å². The Morgan fingerprint density at radius 1 is 0.946 bits per heavy atom. The van der Waals surface area contributed by atoms with Crippen molar-refractivity contribution in [2.45, 2.75) is 43.9 Å². The van der Waals surface area contributed by atoms with Gasteiger partial charge < -0.3 is 9.47 Å². The summed E-state index contributed by atoms with van der Waals surface area (Å²) in [6, 6.07) is 10.6. The summed E-state index contributed by atoms with van der Waals surface area (Å²) in [6.07, 6.45) is 9.34. The first kappa shape index (κ1) is 24.5. The standard InChI is InChI=1S/C29H29IN2O5/c1-36-24-12-16(11-23(30)25(24)37-2)10-22-26(33)31-28(35)32(27(22)34)21-5-3-20(4-6-21)29-13-17-7-18(14-29)9-19(8-17)15-29/h3-6,10-12,17-19H,7-9,13-15H2,1-2H3,(H,31,33,35)/b22-10-. The molecule has 4 amide bonds. The van der Waals surface area contributed by atoms with Crippen molar-refractivity contribution in [1.82, 2.24) is 5.32 Å². The average Bonchev–Trinajstić information content (AvgIpc) is 2.85. The molecule has 4 aliphatic carbocycles. The lowest BCUT2D eigenvalue weighted by atomic mass is 9.48. The molecule has 7 nitrogen and oxygen atoms in total. The van der Waals surface area contributed by atoms with Gasteiger partial charge in [0.2, 0.25) is 0 Å². The lowest BCUT2D eigenvalue weighted by Crippen LogP contribution is -2.54. The van der Waals surface area contributed by atoms with Gasteiger partial charge in [-0.05, 0) is 126 Å². The summed E-state index contributed by atoms with van der Waals surface area (Å²) in [7, 11) is 3.07. The van der Waals surface area contributed by atoms with Crippen molar-refractivity contribution in [2.75, 3.05) is 19.1 Å². The van der Waals surface area contributed by atoms with E-state index in [0.717, 1.165) is 26.2 Å². The first-order valence-corrected chi connectivity index (χ1v) is 13.8. The maximum atomic E-state index is 13.4. The van der Waals surface area contributed by atoms with Crippen LogP contribution in [0.1, 0.15) is 49.7 Å². The van der Waals surface area contributed by atoms with Crippen LogP contribution in [0.2, 0.25) is 0 Å². The minimum Gasteiger partial charge on any atom is -0.493 e. The van der Waals surface area contributed by atoms with Gasteiger partial charge in [0.15, 0.2) is 11.5 Å². The Labute approximate surface area is 229 Å². The van der Waals surface area contributed by atoms with E-state index in [0.29, 0.717) is 22.7 Å². The molecule has 8 heteroatoms. The number of urea groups is 1. The molecule has 0 unspecified atom stereocenters. The Bertz CT molecular complexity index is 1300. The molecule has 1 aliphatic heterocycles. The van der Waals surface area contributed by atoms with Gasteiger partial charge in [-0.25, -0.2) is 9.69 Å². The minimum atomic E-state index is -0.739. The molecule has 0 atom stereocenters. The van der Waals surface area contributed by atoms with Gasteiger partial charge in [0.05, 0.1) is 23.5 Å². The Hall–Kier alpha value is -2.88. The number of amides is 4. The molecule has 4 saturated carbocycles. The molecule has 0 spiro atoms. The predicted octanol–water partition coefficient (Wildman–Crippen LogP) is 5.44. The third-order valence-corrected chi connectivity index (χ3v) is 9.45. The molecule has 37 heavy (non-hydrogen) atoms. The number of ether oxygens (including phenoxy) is 2. The van der Waals surface area contributed by atoms with Crippen LogP contribution in [0.15, 0.2) is 42.0 Å². The number of hydrogen-bond donors (Lipinski definition) is 1. The predicted molar refractivity (Wildman–Crippen MR) is 148 cm³/mol. The highest BCUT2D eigenvalue weighted by Crippen LogP contribution is 2.60. The number of carbonyl (C=O) groups excluding carboxylic acids is 3. The van der Waals surface area contributed by atoms with E-state index < -0.39 is 17.8 Å². The minimum absolute atomic E-state index is 0.118. The van der Waals surface area contributed by atoms with Crippen molar-refractivity contribution in [3.63, 3.8) is 0 Å². The van der Waals surface area contributed by atoms with Gasteiger partial charge in [0, 0.05) is 0 Å². The number of anilines is 1. The first-order chi connectivity index (χ1) is 17.8. The van der Waals surface area contributed by atoms with E-state index >= 15 is 0 Å². The van der Waals surface area contributed by atoms with Gasteiger partial charge in [-0.1, -0.05) is 12.1 Å². The zero-order valence-electron chi connectivity index (χ0n) is 20.9. The normalized spacial score (nSPS) is 29.6. The number of imide groups is 2. The van der Waals surface area contributed by atoms with Crippen molar-refractivity contribution < 1.29 is 23.9 Å². The fraction of sp³-hybridized carbons (Fsp3) is 0.414. The molecular weight excluding hydrogens is 583 g/mol. The number of carbonyl (C=O) groups is 3. The number of halogens is 1. The highest BCUT2D eigenvalue weighted by atomic mass is 127. The van der Waals surface area contributed by atoms with Gasteiger partial charge >= 0.3 is 6.03 Å². The van der Waals surface area contributed by atoms with Crippen LogP contribution in [0.25, 0.3) is 6.08 Å². The van der Waals surface area contributed by atoms with Crippen LogP contribution in [0.5, 0.6) is 11.5 Å². The fourth-order valence-corrected chi connectivity index (χ4v) is 8.35. The summed E-state index contributed by atoms with van der Waals surface area (Å²) in [6.45, 7) is 0. The Kier molecular flexibility index (Phi) is 6.05. The summed E-state index contributed by atoms with van der Waals surface area (Å²) >= 11 is 2.11. The number of barbiturate groups is 1. The smallest absolute Gasteiger partial charge is 0.335 e. The maximum absolute atomic E-state index is 13.4. The van der Waals surface area contributed by atoms with Crippen LogP contribution in [0.4, 0.5) is 10.5 Å². The van der Waals surface area contributed by atoms with Crippen molar-refractivity contribution in [3.05, 3.63) is 56.7 Å². The third-order valence-electron chi connectivity index (χ3n) is 8.64. The summed E-state index contributed by atoms with van der Waals surface area (Å²) in [5.74, 6) is 2.18. The molecule has 5 fully saturated rings. The molecule has 2 aromatic rings. The summed E-state index contributed by atoms with van der Waals surface area (Å²) in [5, 5.41) is 2.32. The third kappa shape index (κ3) is 4.13. The molecule has 1 saturated heterocycles. The van der Waals surface area contributed by atoms with Gasteiger partial charge in [0.25, 0.3) is 11.8 Å². The number of methoxy groups -OCH3 is 2. The molecule has 0 aromatic heterocycles. The second-order valence-electron chi connectivity index (χ2n) is 10.9. The Balaban J connectivity index is 1.30. The molecule has 4 bridgehead atoms. The average molecular weight is 612 g/mol. The van der Waals surface area contributed by atoms with E-state index in [1.54, 1.807) is 19.2 Å². The Morgan fingerprint density at radius 3 is 2.14 bits per heavy atom. The molecule has 1 heterocycles. The van der Waals surface area contributed by atoms with E-state index in [9.17, 15) is 14.4 Å². The van der Waals surface area contributed by atoms with E-state index in [1.807, 2.05) is 12.1 Å². The quantitative estimate of drug-likeness (QED) is 0.276. The van der Waals surface area contributed by atoms with Crippen molar-refractivity contribution in [1.29, 1.82) is 0 Å². The SMILES string of the molecule is COc1cc(/C=C2/C(=O)NC(=O)N(c3ccc(C45CC6CC(CC(C6)C4)C5)cc3)C2=O)cc(I)c1OC. The first-order valence-electron chi connectivity index (χ1n) is 12.7. The van der Waals surface area contributed by atoms with Crippen LogP contribution < -0.4 is 19.7 Å². The monoisotopic (exact) mass is 612 g/mol. The highest BCUT2D eigenvalue weighted by molar-refractivity contribution is 14.1. The topological polar surface area (TPSA) is 84.9 Å². The zero-order chi connectivity index (χ0) is 25.9. The number of benzene rings is 2. The molecule has 2 aromatic carbocycles. The van der Waals surface area contributed by atoms with Gasteiger partial charge in [-0.15, -0.1) is 0 Å². The van der Waals surface area contributed by atoms with E-state index in [4.69, 9.17) is 9.47 Å².